The first-order valence-corrected chi connectivity index (χ1v) is 6.44. The highest BCUT2D eigenvalue weighted by Crippen LogP contribution is 1.89. The minimum Gasteiger partial charge on any atom is -0.394 e. The third-order valence-corrected chi connectivity index (χ3v) is 2.14. The molecule has 0 aliphatic rings. The fourth-order valence-corrected chi connectivity index (χ4v) is 1.23. The average Bonchev–Trinajstić information content (AvgIpc) is 2.44. The molecular formula is C12H22N2O6. The Hall–Kier alpha value is -1.51. The molecule has 0 saturated heterocycles. The second-order valence-corrected chi connectivity index (χ2v) is 3.78. The van der Waals surface area contributed by atoms with Crippen molar-refractivity contribution >= 4 is 18.1 Å². The van der Waals surface area contributed by atoms with Crippen molar-refractivity contribution in [2.45, 2.75) is 12.8 Å². The minimum atomic E-state index is -0.244. The maximum atomic E-state index is 11.3. The molecule has 0 heterocycles. The van der Waals surface area contributed by atoms with Crippen molar-refractivity contribution in [3.63, 3.8) is 0 Å². The number of rotatable bonds is 13. The summed E-state index contributed by atoms with van der Waals surface area (Å²) in [4.78, 5) is 32.6. The predicted octanol–water partition coefficient (Wildman–Crippen LogP) is -1.78. The Bertz CT molecular complexity index is 285. The van der Waals surface area contributed by atoms with Gasteiger partial charge in [0.1, 0.15) is 12.9 Å². The van der Waals surface area contributed by atoms with Crippen LogP contribution in [0.2, 0.25) is 0 Å². The molecule has 0 fully saturated rings. The fraction of sp³-hybridized carbons (Fsp3) is 0.750. The largest absolute Gasteiger partial charge is 0.394 e. The number of amides is 2. The van der Waals surface area contributed by atoms with E-state index in [1.165, 1.54) is 0 Å². The van der Waals surface area contributed by atoms with E-state index in [0.717, 1.165) is 0 Å². The van der Waals surface area contributed by atoms with Crippen molar-refractivity contribution in [2.75, 3.05) is 46.1 Å². The number of aliphatic hydroxyl groups is 1. The molecule has 116 valence electrons. The molecule has 0 unspecified atom stereocenters. The highest BCUT2D eigenvalue weighted by atomic mass is 16.5. The van der Waals surface area contributed by atoms with Gasteiger partial charge in [-0.15, -0.1) is 0 Å². The Labute approximate surface area is 117 Å². The van der Waals surface area contributed by atoms with Crippen LogP contribution >= 0.6 is 0 Å². The molecule has 0 aliphatic carbocycles. The molecule has 0 aromatic rings. The summed E-state index contributed by atoms with van der Waals surface area (Å²) in [7, 11) is 0. The summed E-state index contributed by atoms with van der Waals surface area (Å²) in [6.45, 7) is 1.44. The number of aliphatic hydroxyl groups excluding tert-OH is 1. The van der Waals surface area contributed by atoms with Crippen molar-refractivity contribution in [1.29, 1.82) is 0 Å². The first kappa shape index (κ1) is 18.5. The van der Waals surface area contributed by atoms with Crippen LogP contribution in [0, 0.1) is 0 Å². The molecule has 0 radical (unpaired) electrons. The summed E-state index contributed by atoms with van der Waals surface area (Å²) < 4.78 is 9.81. The van der Waals surface area contributed by atoms with E-state index in [-0.39, 0.29) is 51.1 Å². The lowest BCUT2D eigenvalue weighted by Crippen LogP contribution is -2.31. The molecule has 2 amide bonds. The molecule has 20 heavy (non-hydrogen) atoms. The Kier molecular flexibility index (Phi) is 12.9. The molecule has 0 saturated carbocycles. The van der Waals surface area contributed by atoms with Crippen LogP contribution in [-0.2, 0) is 23.9 Å². The van der Waals surface area contributed by atoms with Gasteiger partial charge in [0.25, 0.3) is 0 Å². The van der Waals surface area contributed by atoms with E-state index in [0.29, 0.717) is 26.0 Å². The van der Waals surface area contributed by atoms with Crippen molar-refractivity contribution in [2.24, 2.45) is 0 Å². The van der Waals surface area contributed by atoms with Crippen LogP contribution in [0.3, 0.4) is 0 Å². The maximum Gasteiger partial charge on any atom is 0.220 e. The van der Waals surface area contributed by atoms with E-state index < -0.39 is 0 Å². The smallest absolute Gasteiger partial charge is 0.220 e. The van der Waals surface area contributed by atoms with Crippen LogP contribution in [0.4, 0.5) is 0 Å². The SMILES string of the molecule is O=CCOCCNC(=O)CCC(=O)NCCOCCO. The lowest BCUT2D eigenvalue weighted by atomic mass is 10.3. The summed E-state index contributed by atoms with van der Waals surface area (Å²) in [6, 6.07) is 0. The molecule has 3 N–H and O–H groups in total. The van der Waals surface area contributed by atoms with Gasteiger partial charge in [-0.25, -0.2) is 0 Å². The molecule has 0 aliphatic heterocycles. The van der Waals surface area contributed by atoms with E-state index >= 15 is 0 Å². The topological polar surface area (TPSA) is 114 Å². The lowest BCUT2D eigenvalue weighted by molar-refractivity contribution is -0.126. The molecule has 8 heteroatoms. The summed E-state index contributed by atoms with van der Waals surface area (Å²) in [6.07, 6.45) is 0.828. The van der Waals surface area contributed by atoms with Gasteiger partial charge in [0.05, 0.1) is 26.4 Å². The normalized spacial score (nSPS) is 10.1. The van der Waals surface area contributed by atoms with Gasteiger partial charge < -0.3 is 30.0 Å². The number of carbonyl (C=O) groups excluding carboxylic acids is 3. The monoisotopic (exact) mass is 290 g/mol. The van der Waals surface area contributed by atoms with Crippen LogP contribution in [0.25, 0.3) is 0 Å². The Morgan fingerprint density at radius 3 is 2.00 bits per heavy atom. The lowest BCUT2D eigenvalue weighted by Gasteiger charge is -2.06. The quantitative estimate of drug-likeness (QED) is 0.273. The average molecular weight is 290 g/mol. The first-order chi connectivity index (χ1) is 9.70. The standard InChI is InChI=1S/C12H22N2O6/c15-5-9-19-7-3-13-11(17)1-2-12(18)14-4-8-20-10-6-16/h5,16H,1-4,6-10H2,(H,13,17)(H,14,18). The molecule has 0 aromatic carbocycles. The number of ether oxygens (including phenoxy) is 2. The zero-order chi connectivity index (χ0) is 15.1. The zero-order valence-corrected chi connectivity index (χ0v) is 11.4. The molecule has 0 spiro atoms. The first-order valence-electron chi connectivity index (χ1n) is 6.44. The molecule has 0 bridgehead atoms. The summed E-state index contributed by atoms with van der Waals surface area (Å²) >= 11 is 0. The van der Waals surface area contributed by atoms with E-state index in [2.05, 4.69) is 10.6 Å². The number of carbonyl (C=O) groups is 3. The third kappa shape index (κ3) is 12.9. The summed E-state index contributed by atoms with van der Waals surface area (Å²) in [5, 5.41) is 13.6. The van der Waals surface area contributed by atoms with Gasteiger partial charge in [0, 0.05) is 25.9 Å². The van der Waals surface area contributed by atoms with Gasteiger partial charge in [0.15, 0.2) is 0 Å². The van der Waals surface area contributed by atoms with Crippen molar-refractivity contribution < 1.29 is 29.0 Å². The Morgan fingerprint density at radius 2 is 1.50 bits per heavy atom. The molecule has 0 atom stereocenters. The second kappa shape index (κ2) is 13.9. The maximum absolute atomic E-state index is 11.3. The van der Waals surface area contributed by atoms with E-state index in [1.807, 2.05) is 0 Å². The fourth-order valence-electron chi connectivity index (χ4n) is 1.23. The Balaban J connectivity index is 3.39. The third-order valence-electron chi connectivity index (χ3n) is 2.14. The molecule has 0 aromatic heterocycles. The zero-order valence-electron chi connectivity index (χ0n) is 11.4. The molecule has 0 rings (SSSR count). The van der Waals surface area contributed by atoms with Gasteiger partial charge in [-0.1, -0.05) is 0 Å². The summed E-state index contributed by atoms with van der Waals surface area (Å²) in [5.41, 5.74) is 0. The van der Waals surface area contributed by atoms with Crippen LogP contribution in [0.15, 0.2) is 0 Å². The number of nitrogens with one attached hydrogen (secondary N) is 2. The van der Waals surface area contributed by atoms with Crippen molar-refractivity contribution in [3.8, 4) is 0 Å². The Morgan fingerprint density at radius 1 is 0.950 bits per heavy atom. The van der Waals surface area contributed by atoms with Crippen molar-refractivity contribution in [1.82, 2.24) is 10.6 Å². The van der Waals surface area contributed by atoms with E-state index in [4.69, 9.17) is 14.6 Å². The van der Waals surface area contributed by atoms with Crippen LogP contribution < -0.4 is 10.6 Å². The van der Waals surface area contributed by atoms with Gasteiger partial charge in [0.2, 0.25) is 11.8 Å². The highest BCUT2D eigenvalue weighted by Gasteiger charge is 2.05. The summed E-state index contributed by atoms with van der Waals surface area (Å²) in [5.74, 6) is -0.476. The van der Waals surface area contributed by atoms with E-state index in [1.54, 1.807) is 0 Å². The van der Waals surface area contributed by atoms with Gasteiger partial charge >= 0.3 is 0 Å². The number of hydrogen-bond acceptors (Lipinski definition) is 6. The predicted molar refractivity (Wildman–Crippen MR) is 70.0 cm³/mol. The second-order valence-electron chi connectivity index (χ2n) is 3.78. The van der Waals surface area contributed by atoms with Gasteiger partial charge in [-0.3, -0.25) is 9.59 Å². The van der Waals surface area contributed by atoms with Gasteiger partial charge in [-0.2, -0.15) is 0 Å². The van der Waals surface area contributed by atoms with Crippen molar-refractivity contribution in [3.05, 3.63) is 0 Å². The van der Waals surface area contributed by atoms with Crippen LogP contribution in [0.1, 0.15) is 12.8 Å². The van der Waals surface area contributed by atoms with Crippen LogP contribution in [-0.4, -0.2) is 69.3 Å². The van der Waals surface area contributed by atoms with Crippen LogP contribution in [0.5, 0.6) is 0 Å². The van der Waals surface area contributed by atoms with Gasteiger partial charge in [-0.05, 0) is 0 Å². The molecule has 8 nitrogen and oxygen atoms in total. The highest BCUT2D eigenvalue weighted by molar-refractivity contribution is 5.83. The minimum absolute atomic E-state index is 0.0105. The van der Waals surface area contributed by atoms with E-state index in [9.17, 15) is 14.4 Å². The number of hydrogen-bond donors (Lipinski definition) is 3. The number of aldehydes is 1. The molecular weight excluding hydrogens is 268 g/mol.